The highest BCUT2D eigenvalue weighted by molar-refractivity contribution is 5.99. The van der Waals surface area contributed by atoms with E-state index in [9.17, 15) is 15.0 Å². The van der Waals surface area contributed by atoms with E-state index in [0.717, 1.165) is 17.5 Å². The molecule has 4 aromatic carbocycles. The number of phenolic OH excluding ortho intramolecular Hbond substituents is 2. The molecule has 3 heteroatoms. The number of rotatable bonds is 8. The third-order valence-corrected chi connectivity index (χ3v) is 6.65. The summed E-state index contributed by atoms with van der Waals surface area (Å²) in [6.07, 6.45) is 1.45. The van der Waals surface area contributed by atoms with Gasteiger partial charge in [-0.1, -0.05) is 105 Å². The van der Waals surface area contributed by atoms with Crippen molar-refractivity contribution in [2.24, 2.45) is 0 Å². The zero-order valence-corrected chi connectivity index (χ0v) is 20.1. The van der Waals surface area contributed by atoms with E-state index >= 15 is 0 Å². The standard InChI is InChI=1S/C32H30O3/c1-22(25-9-5-3-6-10-25)19-24-13-15-27(16-14-24)30(21-33)29-18-17-28(31(34)32(29)35)20-23(2)26-11-7-4-8-12-26/h3-18,22-23,34-35H,19-20H2,1-2H3. The van der Waals surface area contributed by atoms with Crippen LogP contribution in [-0.4, -0.2) is 16.2 Å². The molecule has 4 rings (SSSR count). The van der Waals surface area contributed by atoms with Crippen LogP contribution in [0.4, 0.5) is 0 Å². The van der Waals surface area contributed by atoms with Gasteiger partial charge in [0.25, 0.3) is 0 Å². The molecule has 2 atom stereocenters. The molecule has 3 nitrogen and oxygen atoms in total. The number of aromatic hydroxyl groups is 2. The molecule has 2 N–H and O–H groups in total. The Hall–Kier alpha value is -4.07. The van der Waals surface area contributed by atoms with Gasteiger partial charge < -0.3 is 10.2 Å². The molecule has 0 heterocycles. The smallest absolute Gasteiger partial charge is 0.166 e. The van der Waals surface area contributed by atoms with Gasteiger partial charge in [0.05, 0.1) is 5.57 Å². The monoisotopic (exact) mass is 462 g/mol. The summed E-state index contributed by atoms with van der Waals surface area (Å²) in [7, 11) is 0. The third kappa shape index (κ3) is 5.54. The molecule has 0 bridgehead atoms. The molecule has 35 heavy (non-hydrogen) atoms. The Morgan fingerprint density at radius 2 is 1.23 bits per heavy atom. The minimum absolute atomic E-state index is 0.166. The fraction of sp³-hybridized carbons (Fsp3) is 0.188. The van der Waals surface area contributed by atoms with E-state index < -0.39 is 0 Å². The molecule has 0 fully saturated rings. The van der Waals surface area contributed by atoms with E-state index in [1.807, 2.05) is 78.7 Å². The number of benzene rings is 4. The molecular formula is C32H30O3. The Morgan fingerprint density at radius 1 is 0.686 bits per heavy atom. The molecule has 4 aromatic rings. The second-order valence-corrected chi connectivity index (χ2v) is 9.18. The molecule has 0 saturated heterocycles. The van der Waals surface area contributed by atoms with Crippen molar-refractivity contribution in [1.29, 1.82) is 0 Å². The zero-order valence-electron chi connectivity index (χ0n) is 20.1. The summed E-state index contributed by atoms with van der Waals surface area (Å²) in [5, 5.41) is 21.5. The first-order valence-corrected chi connectivity index (χ1v) is 12.0. The predicted octanol–water partition coefficient (Wildman–Crippen LogP) is 7.05. The Bertz CT molecular complexity index is 1320. The number of carbonyl (C=O) groups excluding carboxylic acids is 1. The third-order valence-electron chi connectivity index (χ3n) is 6.65. The topological polar surface area (TPSA) is 57.5 Å². The highest BCUT2D eigenvalue weighted by Crippen LogP contribution is 2.39. The van der Waals surface area contributed by atoms with Gasteiger partial charge in [-0.25, -0.2) is 4.79 Å². The van der Waals surface area contributed by atoms with Gasteiger partial charge >= 0.3 is 0 Å². The van der Waals surface area contributed by atoms with Crippen LogP contribution in [0.3, 0.4) is 0 Å². The molecule has 0 saturated carbocycles. The molecule has 0 radical (unpaired) electrons. The van der Waals surface area contributed by atoms with Crippen LogP contribution in [0.5, 0.6) is 11.5 Å². The molecule has 0 spiro atoms. The highest BCUT2D eigenvalue weighted by atomic mass is 16.3. The van der Waals surface area contributed by atoms with E-state index in [0.29, 0.717) is 23.5 Å². The summed E-state index contributed by atoms with van der Waals surface area (Å²) < 4.78 is 0. The summed E-state index contributed by atoms with van der Waals surface area (Å²) in [5.41, 5.74) is 5.39. The molecule has 0 aromatic heterocycles. The minimum atomic E-state index is -0.289. The van der Waals surface area contributed by atoms with Gasteiger partial charge in [0.15, 0.2) is 11.5 Å². The van der Waals surface area contributed by atoms with Crippen LogP contribution in [0, 0.1) is 0 Å². The van der Waals surface area contributed by atoms with Crippen LogP contribution in [0.15, 0.2) is 97.1 Å². The SMILES string of the molecule is CC(Cc1ccc(C(=C=O)c2ccc(CC(C)c3ccccc3)c(O)c2O)cc1)c1ccccc1. The molecule has 0 aliphatic carbocycles. The van der Waals surface area contributed by atoms with Crippen LogP contribution < -0.4 is 0 Å². The lowest BCUT2D eigenvalue weighted by molar-refractivity contribution is 0.397. The van der Waals surface area contributed by atoms with Crippen molar-refractivity contribution in [2.45, 2.75) is 38.5 Å². The Kier molecular flexibility index (Phi) is 7.50. The highest BCUT2D eigenvalue weighted by Gasteiger charge is 2.19. The first-order valence-electron chi connectivity index (χ1n) is 12.0. The maximum absolute atomic E-state index is 11.9. The lowest BCUT2D eigenvalue weighted by Gasteiger charge is -2.16. The van der Waals surface area contributed by atoms with E-state index in [1.165, 1.54) is 5.56 Å². The second-order valence-electron chi connectivity index (χ2n) is 9.18. The second kappa shape index (κ2) is 10.9. The maximum Gasteiger partial charge on any atom is 0.166 e. The van der Waals surface area contributed by atoms with Crippen LogP contribution in [0.2, 0.25) is 0 Å². The fourth-order valence-electron chi connectivity index (χ4n) is 4.55. The predicted molar refractivity (Wildman–Crippen MR) is 142 cm³/mol. The molecular weight excluding hydrogens is 432 g/mol. The average molecular weight is 463 g/mol. The van der Waals surface area contributed by atoms with E-state index in [1.54, 1.807) is 12.1 Å². The summed E-state index contributed by atoms with van der Waals surface area (Å²) >= 11 is 0. The van der Waals surface area contributed by atoms with Crippen LogP contribution >= 0.6 is 0 Å². The lowest BCUT2D eigenvalue weighted by Crippen LogP contribution is -2.00. The molecule has 0 amide bonds. The van der Waals surface area contributed by atoms with Gasteiger partial charge in [-0.2, -0.15) is 0 Å². The van der Waals surface area contributed by atoms with Crippen molar-refractivity contribution in [3.63, 3.8) is 0 Å². The van der Waals surface area contributed by atoms with Crippen LogP contribution in [0.25, 0.3) is 5.57 Å². The van der Waals surface area contributed by atoms with E-state index in [2.05, 4.69) is 26.0 Å². The normalized spacial score (nSPS) is 12.5. The number of hydrogen-bond acceptors (Lipinski definition) is 3. The zero-order chi connectivity index (χ0) is 24.8. The van der Waals surface area contributed by atoms with Crippen LogP contribution in [-0.2, 0) is 17.6 Å². The Labute approximate surface area is 207 Å². The maximum atomic E-state index is 11.9. The minimum Gasteiger partial charge on any atom is -0.504 e. The number of hydrogen-bond donors (Lipinski definition) is 2. The van der Waals surface area contributed by atoms with Crippen molar-refractivity contribution >= 4 is 11.5 Å². The summed E-state index contributed by atoms with van der Waals surface area (Å²) in [5.74, 6) is 2.03. The van der Waals surface area contributed by atoms with Gasteiger partial charge in [-0.05, 0) is 58.6 Å². The fourth-order valence-corrected chi connectivity index (χ4v) is 4.55. The molecule has 0 aliphatic rings. The van der Waals surface area contributed by atoms with Crippen molar-refractivity contribution in [3.05, 3.63) is 130 Å². The summed E-state index contributed by atoms with van der Waals surface area (Å²) in [4.78, 5) is 11.9. The van der Waals surface area contributed by atoms with E-state index in [-0.39, 0.29) is 28.6 Å². The lowest BCUT2D eigenvalue weighted by atomic mass is 9.90. The largest absolute Gasteiger partial charge is 0.504 e. The number of phenols is 2. The summed E-state index contributed by atoms with van der Waals surface area (Å²) in [6, 6.07) is 31.6. The first-order chi connectivity index (χ1) is 17.0. The molecule has 176 valence electrons. The van der Waals surface area contributed by atoms with Crippen LogP contribution in [0.1, 0.15) is 59.1 Å². The van der Waals surface area contributed by atoms with Crippen molar-refractivity contribution in [1.82, 2.24) is 0 Å². The molecule has 0 aliphatic heterocycles. The first kappa shape index (κ1) is 24.1. The van der Waals surface area contributed by atoms with Gasteiger partial charge in [-0.15, -0.1) is 0 Å². The van der Waals surface area contributed by atoms with Crippen molar-refractivity contribution in [2.75, 3.05) is 0 Å². The summed E-state index contributed by atoms with van der Waals surface area (Å²) in [6.45, 7) is 4.28. The van der Waals surface area contributed by atoms with E-state index in [4.69, 9.17) is 0 Å². The van der Waals surface area contributed by atoms with Crippen molar-refractivity contribution in [3.8, 4) is 11.5 Å². The van der Waals surface area contributed by atoms with Gasteiger partial charge in [0, 0.05) is 5.56 Å². The quantitative estimate of drug-likeness (QED) is 0.218. The van der Waals surface area contributed by atoms with Gasteiger partial charge in [0.2, 0.25) is 0 Å². The van der Waals surface area contributed by atoms with Crippen molar-refractivity contribution < 1.29 is 15.0 Å². The Balaban J connectivity index is 1.52. The van der Waals surface area contributed by atoms with Gasteiger partial charge in [-0.3, -0.25) is 0 Å². The Morgan fingerprint density at radius 3 is 1.77 bits per heavy atom. The average Bonchev–Trinajstić information content (AvgIpc) is 2.90. The van der Waals surface area contributed by atoms with Gasteiger partial charge in [0.1, 0.15) is 5.94 Å². The molecule has 2 unspecified atom stereocenters.